The molecule has 1 atom stereocenters. The molecule has 3 nitrogen and oxygen atoms in total. The number of hydrogen-bond donors (Lipinski definition) is 2. The third kappa shape index (κ3) is 5.54. The maximum absolute atomic E-state index is 6.64. The summed E-state index contributed by atoms with van der Waals surface area (Å²) >= 11 is 31.1. The van der Waals surface area contributed by atoms with Crippen molar-refractivity contribution in [3.05, 3.63) is 120 Å². The molecule has 0 bridgehead atoms. The summed E-state index contributed by atoms with van der Waals surface area (Å²) in [5, 5.41) is 9.75. The first kappa shape index (κ1) is 24.6. The van der Waals surface area contributed by atoms with Crippen molar-refractivity contribution in [2.75, 3.05) is 13.1 Å². The summed E-state index contributed by atoms with van der Waals surface area (Å²) in [5.74, 6) is 0. The van der Waals surface area contributed by atoms with Crippen LogP contribution in [0.3, 0.4) is 0 Å². The molecule has 178 valence electrons. The molecule has 0 aliphatic carbocycles. The highest BCUT2D eigenvalue weighted by atomic mass is 35.5. The lowest BCUT2D eigenvalue weighted by Crippen LogP contribution is -2.49. The van der Waals surface area contributed by atoms with Crippen LogP contribution in [0.4, 0.5) is 0 Å². The molecular weight excluding hydrogens is 540 g/mol. The predicted molar refractivity (Wildman–Crippen MR) is 151 cm³/mol. The summed E-state index contributed by atoms with van der Waals surface area (Å²) in [5.41, 5.74) is 6.31. The van der Waals surface area contributed by atoms with Crippen LogP contribution in [0, 0.1) is 0 Å². The van der Waals surface area contributed by atoms with E-state index in [9.17, 15) is 0 Å². The Labute approximate surface area is 230 Å². The van der Waals surface area contributed by atoms with Gasteiger partial charge < -0.3 is 10.6 Å². The topological polar surface area (TPSA) is 27.3 Å². The highest BCUT2D eigenvalue weighted by molar-refractivity contribution is 7.80. The summed E-state index contributed by atoms with van der Waals surface area (Å²) < 4.78 is 0. The quantitative estimate of drug-likeness (QED) is 0.320. The summed E-state index contributed by atoms with van der Waals surface area (Å²) in [6.07, 6.45) is 2.10. The lowest BCUT2D eigenvalue weighted by atomic mass is 9.88. The molecule has 0 saturated heterocycles. The van der Waals surface area contributed by atoms with Gasteiger partial charge in [0.25, 0.3) is 0 Å². The number of rotatable bonds is 4. The normalized spacial score (nSPS) is 19.4. The average Bonchev–Trinajstić information content (AvgIpc) is 2.82. The monoisotopic (exact) mass is 559 g/mol. The molecule has 0 aromatic heterocycles. The highest BCUT2D eigenvalue weighted by Crippen LogP contribution is 2.38. The molecule has 35 heavy (non-hydrogen) atoms. The van der Waals surface area contributed by atoms with Crippen LogP contribution in [0.25, 0.3) is 6.08 Å². The van der Waals surface area contributed by atoms with Gasteiger partial charge in [-0.3, -0.25) is 4.90 Å². The Morgan fingerprint density at radius 3 is 2.31 bits per heavy atom. The van der Waals surface area contributed by atoms with Gasteiger partial charge in [-0.2, -0.15) is 0 Å². The number of benzene rings is 3. The molecule has 5 rings (SSSR count). The standard InChI is InChI=1S/C27H21Cl4N3S/c28-19-7-6-17(23(30)11-19)10-18-14-34(13-16-4-2-1-3-5-16)15-22-25(18)32-27(35)33-26(22)21-9-8-20(29)12-24(21)31/h1-12,26H,13-15H2,(H2,32,33,35)/b18-10+. The molecule has 2 heterocycles. The summed E-state index contributed by atoms with van der Waals surface area (Å²) in [4.78, 5) is 2.40. The van der Waals surface area contributed by atoms with Crippen molar-refractivity contribution >= 4 is 69.8 Å². The predicted octanol–water partition coefficient (Wildman–Crippen LogP) is 7.67. The van der Waals surface area contributed by atoms with E-state index in [2.05, 4.69) is 45.9 Å². The second kappa shape index (κ2) is 10.5. The Hall–Kier alpha value is -2.05. The van der Waals surface area contributed by atoms with Crippen molar-refractivity contribution in [3.8, 4) is 0 Å². The molecule has 8 heteroatoms. The maximum atomic E-state index is 6.64. The van der Waals surface area contributed by atoms with E-state index in [1.165, 1.54) is 5.56 Å². The molecule has 0 saturated carbocycles. The van der Waals surface area contributed by atoms with E-state index in [1.807, 2.05) is 30.3 Å². The van der Waals surface area contributed by atoms with Crippen LogP contribution in [-0.2, 0) is 6.54 Å². The van der Waals surface area contributed by atoms with Gasteiger partial charge in [0.15, 0.2) is 5.11 Å². The maximum Gasteiger partial charge on any atom is 0.171 e. The van der Waals surface area contributed by atoms with Crippen LogP contribution >= 0.6 is 58.6 Å². The van der Waals surface area contributed by atoms with E-state index < -0.39 is 0 Å². The van der Waals surface area contributed by atoms with Gasteiger partial charge in [-0.1, -0.05) is 88.9 Å². The van der Waals surface area contributed by atoms with Crippen molar-refractivity contribution in [2.45, 2.75) is 12.6 Å². The minimum Gasteiger partial charge on any atom is -0.352 e. The van der Waals surface area contributed by atoms with E-state index in [4.69, 9.17) is 58.6 Å². The molecular formula is C27H21Cl4N3S. The van der Waals surface area contributed by atoms with Crippen LogP contribution in [0.2, 0.25) is 20.1 Å². The molecule has 2 N–H and O–H groups in total. The van der Waals surface area contributed by atoms with Gasteiger partial charge in [-0.15, -0.1) is 0 Å². The minimum atomic E-state index is -0.189. The Morgan fingerprint density at radius 1 is 0.886 bits per heavy atom. The second-order valence-corrected chi connectivity index (χ2v) is 10.7. The largest absolute Gasteiger partial charge is 0.352 e. The fourth-order valence-corrected chi connectivity index (χ4v) is 5.75. The van der Waals surface area contributed by atoms with E-state index in [1.54, 1.807) is 12.1 Å². The third-order valence-electron chi connectivity index (χ3n) is 6.11. The van der Waals surface area contributed by atoms with Crippen molar-refractivity contribution in [2.24, 2.45) is 0 Å². The Kier molecular flexibility index (Phi) is 7.40. The minimum absolute atomic E-state index is 0.189. The molecule has 2 aliphatic rings. The van der Waals surface area contributed by atoms with Crippen molar-refractivity contribution < 1.29 is 0 Å². The van der Waals surface area contributed by atoms with Crippen LogP contribution in [0.5, 0.6) is 0 Å². The van der Waals surface area contributed by atoms with E-state index in [0.29, 0.717) is 25.2 Å². The fraction of sp³-hybridized carbons (Fsp3) is 0.148. The van der Waals surface area contributed by atoms with Gasteiger partial charge in [-0.05, 0) is 70.4 Å². The molecule has 0 fully saturated rings. The Balaban J connectivity index is 1.61. The van der Waals surface area contributed by atoms with E-state index in [-0.39, 0.29) is 6.04 Å². The molecule has 3 aromatic carbocycles. The zero-order valence-corrected chi connectivity index (χ0v) is 22.3. The first-order valence-corrected chi connectivity index (χ1v) is 13.0. The molecule has 0 amide bonds. The second-order valence-electron chi connectivity index (χ2n) is 8.56. The zero-order chi connectivity index (χ0) is 24.5. The molecule has 0 spiro atoms. The van der Waals surface area contributed by atoms with Gasteiger partial charge in [0.1, 0.15) is 0 Å². The van der Waals surface area contributed by atoms with Gasteiger partial charge in [0, 0.05) is 45.4 Å². The fourth-order valence-electron chi connectivity index (χ4n) is 4.54. The SMILES string of the molecule is S=C1NC2=C(CN(Cc3ccccc3)C/C2=C\c2ccc(Cl)cc2Cl)C(c2ccc(Cl)cc2Cl)N1. The zero-order valence-electron chi connectivity index (χ0n) is 18.5. The van der Waals surface area contributed by atoms with Gasteiger partial charge in [0.2, 0.25) is 0 Å². The smallest absolute Gasteiger partial charge is 0.171 e. The summed E-state index contributed by atoms with van der Waals surface area (Å²) in [6.45, 7) is 2.26. The van der Waals surface area contributed by atoms with Gasteiger partial charge in [0.05, 0.1) is 6.04 Å². The van der Waals surface area contributed by atoms with Gasteiger partial charge in [-0.25, -0.2) is 0 Å². The van der Waals surface area contributed by atoms with Crippen LogP contribution < -0.4 is 10.6 Å². The lowest BCUT2D eigenvalue weighted by Gasteiger charge is -2.40. The lowest BCUT2D eigenvalue weighted by molar-refractivity contribution is 0.293. The summed E-state index contributed by atoms with van der Waals surface area (Å²) in [7, 11) is 0. The van der Waals surface area contributed by atoms with Crippen LogP contribution in [0.15, 0.2) is 83.6 Å². The molecule has 3 aromatic rings. The average molecular weight is 561 g/mol. The van der Waals surface area contributed by atoms with Crippen molar-refractivity contribution in [3.63, 3.8) is 0 Å². The molecule has 1 unspecified atom stereocenters. The Bertz CT molecular complexity index is 1350. The Morgan fingerprint density at radius 2 is 1.60 bits per heavy atom. The van der Waals surface area contributed by atoms with Crippen LogP contribution in [-0.4, -0.2) is 23.1 Å². The summed E-state index contributed by atoms with van der Waals surface area (Å²) in [6, 6.07) is 21.4. The van der Waals surface area contributed by atoms with Gasteiger partial charge >= 0.3 is 0 Å². The number of nitrogens with one attached hydrogen (secondary N) is 2. The first-order valence-electron chi connectivity index (χ1n) is 11.0. The van der Waals surface area contributed by atoms with Crippen molar-refractivity contribution in [1.82, 2.24) is 15.5 Å². The first-order chi connectivity index (χ1) is 16.9. The van der Waals surface area contributed by atoms with Crippen LogP contribution in [0.1, 0.15) is 22.7 Å². The van der Waals surface area contributed by atoms with E-state index >= 15 is 0 Å². The van der Waals surface area contributed by atoms with Crippen molar-refractivity contribution in [1.29, 1.82) is 0 Å². The highest BCUT2D eigenvalue weighted by Gasteiger charge is 2.34. The van der Waals surface area contributed by atoms with E-state index in [0.717, 1.165) is 47.6 Å². The number of thiocarbonyl (C=S) groups is 1. The third-order valence-corrected chi connectivity index (χ3v) is 7.45. The number of nitrogens with zero attached hydrogens (tertiary/aromatic N) is 1. The number of halogens is 4. The molecule has 0 radical (unpaired) electrons. The number of hydrogen-bond acceptors (Lipinski definition) is 2. The molecule has 2 aliphatic heterocycles.